The van der Waals surface area contributed by atoms with Gasteiger partial charge in [-0.3, -0.25) is 4.98 Å². The Morgan fingerprint density at radius 2 is 1.62 bits per heavy atom. The van der Waals surface area contributed by atoms with Crippen LogP contribution in [-0.4, -0.2) is 18.1 Å². The lowest BCUT2D eigenvalue weighted by molar-refractivity contribution is -0.0722. The molecule has 4 rings (SSSR count). The number of fused-ring (bicyclic) bond motifs is 1. The van der Waals surface area contributed by atoms with Crippen molar-refractivity contribution in [1.29, 1.82) is 0 Å². The highest BCUT2D eigenvalue weighted by atomic mass is 35.5. The van der Waals surface area contributed by atoms with Gasteiger partial charge in [0.05, 0.1) is 5.02 Å². The molecule has 0 saturated carbocycles. The van der Waals surface area contributed by atoms with E-state index >= 15 is 0 Å². The Morgan fingerprint density at radius 1 is 0.966 bits per heavy atom. The molecule has 1 aromatic carbocycles. The molecule has 0 bridgehead atoms. The number of rotatable bonds is 2. The van der Waals surface area contributed by atoms with Crippen LogP contribution in [0, 0.1) is 0 Å². The molecule has 2 aliphatic heterocycles. The minimum absolute atomic E-state index is 0.510. The first kappa shape index (κ1) is 25.3. The van der Waals surface area contributed by atoms with Crippen LogP contribution >= 0.6 is 11.6 Å². The van der Waals surface area contributed by atoms with Crippen molar-refractivity contribution in [3.05, 3.63) is 52.8 Å². The summed E-state index contributed by atoms with van der Waals surface area (Å²) in [5.74, 6) is 1.25. The maximum absolute atomic E-state index is 6.26. The van der Waals surface area contributed by atoms with E-state index in [4.69, 9.17) is 21.1 Å². The fourth-order valence-electron chi connectivity index (χ4n) is 3.35. The van der Waals surface area contributed by atoms with E-state index in [1.165, 1.54) is 5.56 Å². The average Bonchev–Trinajstić information content (AvgIpc) is 3.16. The Hall–Kier alpha value is -1.78. The Kier molecular flexibility index (Phi) is 11.1. The summed E-state index contributed by atoms with van der Waals surface area (Å²) < 4.78 is 12.4. The van der Waals surface area contributed by atoms with Crippen molar-refractivity contribution < 1.29 is 9.47 Å². The predicted octanol–water partition coefficient (Wildman–Crippen LogP) is 6.92. The summed E-state index contributed by atoms with van der Waals surface area (Å²) in [7, 11) is 0. The summed E-state index contributed by atoms with van der Waals surface area (Å²) in [6.07, 6.45) is 3.86. The van der Waals surface area contributed by atoms with Gasteiger partial charge in [-0.2, -0.15) is 0 Å². The van der Waals surface area contributed by atoms with Gasteiger partial charge in [0, 0.05) is 18.7 Å². The van der Waals surface area contributed by atoms with Gasteiger partial charge in [0.15, 0.2) is 11.5 Å². The Labute approximate surface area is 182 Å². The molecule has 1 atom stereocenters. The Balaban J connectivity index is 0.000000644. The third-order valence-electron chi connectivity index (χ3n) is 4.58. The number of nitrogens with one attached hydrogen (secondary N) is 1. The van der Waals surface area contributed by atoms with Crippen LogP contribution in [0.4, 0.5) is 0 Å². The predicted molar refractivity (Wildman–Crippen MR) is 123 cm³/mol. The molecule has 2 aromatic rings. The monoisotopic (exact) mass is 420 g/mol. The van der Waals surface area contributed by atoms with Crippen LogP contribution in [0.1, 0.15) is 78.5 Å². The minimum Gasteiger partial charge on any atom is -0.443 e. The molecule has 1 fully saturated rings. The standard InChI is InChI=1S/C18H19ClN2O2.3C2H6/c1-18(16-6-5-13(19)11-21-16)22-15-4-2-3-14(17(15)23-18)12-7-9-20-10-8-12;3*1-2/h2-6,11-12,20H,7-10H2,1H3;3*1-2H3. The molecule has 0 radical (unpaired) electrons. The summed E-state index contributed by atoms with van der Waals surface area (Å²) in [6, 6.07) is 9.80. The van der Waals surface area contributed by atoms with E-state index in [0.717, 1.165) is 43.1 Å². The number of ether oxygens (including phenoxy) is 2. The maximum Gasteiger partial charge on any atom is 0.292 e. The number of para-hydroxylation sites is 1. The molecule has 5 heteroatoms. The second-order valence-electron chi connectivity index (χ2n) is 6.21. The fourth-order valence-corrected chi connectivity index (χ4v) is 3.46. The van der Waals surface area contributed by atoms with Gasteiger partial charge in [0.25, 0.3) is 5.79 Å². The van der Waals surface area contributed by atoms with Crippen molar-refractivity contribution in [2.24, 2.45) is 0 Å². The quantitative estimate of drug-likeness (QED) is 0.572. The van der Waals surface area contributed by atoms with Crippen molar-refractivity contribution in [2.75, 3.05) is 13.1 Å². The van der Waals surface area contributed by atoms with E-state index in [1.54, 1.807) is 12.3 Å². The SMILES string of the molecule is CC.CC.CC.CC1(c2ccc(Cl)cn2)Oc2cccc(C3CCNCC3)c2O1. The van der Waals surface area contributed by atoms with Crippen molar-refractivity contribution >= 4 is 11.6 Å². The van der Waals surface area contributed by atoms with Gasteiger partial charge in [0.1, 0.15) is 5.69 Å². The number of hydrogen-bond acceptors (Lipinski definition) is 4. The highest BCUT2D eigenvalue weighted by Crippen LogP contribution is 2.48. The van der Waals surface area contributed by atoms with Gasteiger partial charge in [0.2, 0.25) is 0 Å². The molecule has 4 nitrogen and oxygen atoms in total. The van der Waals surface area contributed by atoms with E-state index in [9.17, 15) is 0 Å². The largest absolute Gasteiger partial charge is 0.443 e. The molecule has 0 spiro atoms. The highest BCUT2D eigenvalue weighted by Gasteiger charge is 2.42. The lowest BCUT2D eigenvalue weighted by Crippen LogP contribution is -2.32. The smallest absolute Gasteiger partial charge is 0.292 e. The third kappa shape index (κ3) is 6.10. The molecular weight excluding hydrogens is 384 g/mol. The minimum atomic E-state index is -0.907. The average molecular weight is 421 g/mol. The lowest BCUT2D eigenvalue weighted by atomic mass is 9.89. The van der Waals surface area contributed by atoms with E-state index in [0.29, 0.717) is 10.9 Å². The molecule has 29 heavy (non-hydrogen) atoms. The van der Waals surface area contributed by atoms with Crippen LogP contribution in [0.15, 0.2) is 36.5 Å². The fraction of sp³-hybridized carbons (Fsp3) is 0.542. The number of pyridine rings is 1. The van der Waals surface area contributed by atoms with Crippen LogP contribution in [0.5, 0.6) is 11.5 Å². The zero-order valence-electron chi connectivity index (χ0n) is 19.0. The number of hydrogen-bond donors (Lipinski definition) is 1. The van der Waals surface area contributed by atoms with Gasteiger partial charge >= 0.3 is 0 Å². The molecule has 162 valence electrons. The molecule has 1 aromatic heterocycles. The van der Waals surface area contributed by atoms with Gasteiger partial charge in [-0.1, -0.05) is 65.3 Å². The summed E-state index contributed by atoms with van der Waals surface area (Å²) in [5.41, 5.74) is 1.95. The molecular formula is C24H37ClN2O2. The normalized spacial score (nSPS) is 19.6. The number of nitrogens with zero attached hydrogens (tertiary/aromatic N) is 1. The van der Waals surface area contributed by atoms with E-state index in [1.807, 2.05) is 66.7 Å². The topological polar surface area (TPSA) is 43.4 Å². The molecule has 1 unspecified atom stereocenters. The maximum atomic E-state index is 6.26. The van der Waals surface area contributed by atoms with Crippen molar-refractivity contribution in [1.82, 2.24) is 10.3 Å². The third-order valence-corrected chi connectivity index (χ3v) is 4.81. The van der Waals surface area contributed by atoms with Crippen LogP contribution in [0.25, 0.3) is 0 Å². The number of aromatic nitrogens is 1. The van der Waals surface area contributed by atoms with Crippen molar-refractivity contribution in [2.45, 2.75) is 73.0 Å². The summed E-state index contributed by atoms with van der Waals surface area (Å²) in [5, 5.41) is 4.01. The van der Waals surface area contributed by atoms with Crippen molar-refractivity contribution in [3.63, 3.8) is 0 Å². The van der Waals surface area contributed by atoms with Crippen LogP contribution < -0.4 is 14.8 Å². The second-order valence-corrected chi connectivity index (χ2v) is 6.65. The van der Waals surface area contributed by atoms with Crippen LogP contribution in [0.2, 0.25) is 5.02 Å². The molecule has 0 aliphatic carbocycles. The molecule has 3 heterocycles. The van der Waals surface area contributed by atoms with E-state index in [2.05, 4.69) is 16.4 Å². The Bertz CT molecular complexity index is 715. The van der Waals surface area contributed by atoms with E-state index < -0.39 is 5.79 Å². The number of halogens is 1. The first-order chi connectivity index (χ1) is 14.2. The van der Waals surface area contributed by atoms with Crippen LogP contribution in [0.3, 0.4) is 0 Å². The highest BCUT2D eigenvalue weighted by molar-refractivity contribution is 6.30. The molecule has 1 N–H and O–H groups in total. The van der Waals surface area contributed by atoms with Gasteiger partial charge < -0.3 is 14.8 Å². The van der Waals surface area contributed by atoms with Gasteiger partial charge in [-0.05, 0) is 50.0 Å². The second kappa shape index (κ2) is 12.7. The zero-order valence-corrected chi connectivity index (χ0v) is 19.8. The van der Waals surface area contributed by atoms with Crippen molar-refractivity contribution in [3.8, 4) is 11.5 Å². The molecule has 2 aliphatic rings. The zero-order chi connectivity index (χ0) is 21.9. The summed E-state index contributed by atoms with van der Waals surface area (Å²) in [6.45, 7) is 16.0. The van der Waals surface area contributed by atoms with Gasteiger partial charge in [-0.15, -0.1) is 0 Å². The number of piperidine rings is 1. The number of benzene rings is 1. The van der Waals surface area contributed by atoms with E-state index in [-0.39, 0.29) is 0 Å². The first-order valence-electron chi connectivity index (χ1n) is 11.0. The molecule has 1 saturated heterocycles. The first-order valence-corrected chi connectivity index (χ1v) is 11.4. The molecule has 0 amide bonds. The Morgan fingerprint density at radius 3 is 2.21 bits per heavy atom. The van der Waals surface area contributed by atoms with Crippen LogP contribution in [-0.2, 0) is 5.79 Å². The summed E-state index contributed by atoms with van der Waals surface area (Å²) in [4.78, 5) is 4.37. The van der Waals surface area contributed by atoms with Gasteiger partial charge in [-0.25, -0.2) is 0 Å². The summed E-state index contributed by atoms with van der Waals surface area (Å²) >= 11 is 5.93. The lowest BCUT2D eigenvalue weighted by Gasteiger charge is -2.25.